The van der Waals surface area contributed by atoms with E-state index in [1.165, 1.54) is 4.90 Å². The van der Waals surface area contributed by atoms with Gasteiger partial charge < -0.3 is 19.2 Å². The van der Waals surface area contributed by atoms with E-state index in [1.807, 2.05) is 20.8 Å². The minimum Gasteiger partial charge on any atom is -0.444 e. The molecule has 0 aromatic heterocycles. The molecule has 0 spiro atoms. The Hall–Kier alpha value is -1.10. The van der Waals surface area contributed by atoms with E-state index in [-0.39, 0.29) is 18.1 Å². The van der Waals surface area contributed by atoms with Crippen LogP contribution in [0.2, 0.25) is 0 Å². The number of nitrogens with zero attached hydrogens (tertiary/aromatic N) is 1. The summed E-state index contributed by atoms with van der Waals surface area (Å²) in [6.07, 6.45) is 0.224. The molecular weight excluding hydrogens is 210 g/mol. The summed E-state index contributed by atoms with van der Waals surface area (Å²) < 4.78 is 10.4. The number of carbonyl (C=O) groups excluding carboxylic acids is 2. The van der Waals surface area contributed by atoms with Crippen LogP contribution in [0.5, 0.6) is 0 Å². The minimum absolute atomic E-state index is 0.218. The molecule has 5 nitrogen and oxygen atoms in total. The molecule has 16 heavy (non-hydrogen) atoms. The molecule has 0 aliphatic carbocycles. The molecule has 1 heterocycles. The highest BCUT2D eigenvalue weighted by Gasteiger charge is 2.36. The van der Waals surface area contributed by atoms with Crippen LogP contribution in [0, 0.1) is 5.92 Å². The Morgan fingerprint density at radius 3 is 2.38 bits per heavy atom. The molecule has 1 aliphatic heterocycles. The van der Waals surface area contributed by atoms with Crippen molar-refractivity contribution in [2.45, 2.75) is 32.5 Å². The highest BCUT2D eigenvalue weighted by Crippen LogP contribution is 2.20. The Morgan fingerprint density at radius 1 is 1.38 bits per heavy atom. The summed E-state index contributed by atoms with van der Waals surface area (Å²) in [5.41, 5.74) is -0.515. The largest absolute Gasteiger partial charge is 0.444 e. The third-order valence-electron chi connectivity index (χ3n) is 2.44. The molecule has 0 aromatic rings. The molecule has 1 aliphatic rings. The number of ether oxygens (including phenoxy) is 2. The topological polar surface area (TPSA) is 55.8 Å². The number of rotatable bonds is 2. The van der Waals surface area contributed by atoms with Crippen molar-refractivity contribution in [2.75, 3.05) is 20.2 Å². The summed E-state index contributed by atoms with van der Waals surface area (Å²) in [4.78, 5) is 24.0. The molecule has 1 amide bonds. The van der Waals surface area contributed by atoms with E-state index in [4.69, 9.17) is 9.47 Å². The number of aldehydes is 1. The second kappa shape index (κ2) is 4.82. The lowest BCUT2D eigenvalue weighted by molar-refractivity contribution is -0.113. The molecule has 1 rings (SSSR count). The van der Waals surface area contributed by atoms with Gasteiger partial charge in [0.05, 0.1) is 18.6 Å². The molecule has 0 radical (unpaired) electrons. The second-order valence-corrected chi connectivity index (χ2v) is 4.96. The third-order valence-corrected chi connectivity index (χ3v) is 2.44. The van der Waals surface area contributed by atoms with Crippen molar-refractivity contribution in [3.63, 3.8) is 0 Å². The Morgan fingerprint density at radius 2 is 2.00 bits per heavy atom. The zero-order chi connectivity index (χ0) is 12.3. The van der Waals surface area contributed by atoms with Gasteiger partial charge in [-0.25, -0.2) is 4.79 Å². The van der Waals surface area contributed by atoms with Crippen molar-refractivity contribution in [3.8, 4) is 0 Å². The normalized spacial score (nSPS) is 25.6. The first-order chi connectivity index (χ1) is 7.37. The fourth-order valence-corrected chi connectivity index (χ4v) is 1.65. The molecule has 2 atom stereocenters. The van der Waals surface area contributed by atoms with Crippen LogP contribution in [0.25, 0.3) is 0 Å². The first-order valence-corrected chi connectivity index (χ1v) is 5.33. The van der Waals surface area contributed by atoms with Crippen molar-refractivity contribution in [3.05, 3.63) is 0 Å². The lowest BCUT2D eigenvalue weighted by Crippen LogP contribution is -2.36. The fourth-order valence-electron chi connectivity index (χ4n) is 1.65. The molecule has 0 saturated carbocycles. The zero-order valence-electron chi connectivity index (χ0n) is 10.2. The number of carbonyl (C=O) groups is 2. The van der Waals surface area contributed by atoms with Gasteiger partial charge in [0.2, 0.25) is 0 Å². The van der Waals surface area contributed by atoms with E-state index in [9.17, 15) is 9.59 Å². The fraction of sp³-hybridized carbons (Fsp3) is 0.818. The van der Waals surface area contributed by atoms with E-state index >= 15 is 0 Å². The van der Waals surface area contributed by atoms with E-state index in [0.29, 0.717) is 13.1 Å². The summed E-state index contributed by atoms with van der Waals surface area (Å²) in [5.74, 6) is -0.252. The van der Waals surface area contributed by atoms with Gasteiger partial charge in [-0.3, -0.25) is 0 Å². The van der Waals surface area contributed by atoms with Gasteiger partial charge >= 0.3 is 6.09 Å². The van der Waals surface area contributed by atoms with E-state index < -0.39 is 5.60 Å². The van der Waals surface area contributed by atoms with Crippen LogP contribution in [0.4, 0.5) is 4.79 Å². The van der Waals surface area contributed by atoms with Crippen molar-refractivity contribution >= 4 is 12.4 Å². The van der Waals surface area contributed by atoms with Crippen LogP contribution in [0.1, 0.15) is 20.8 Å². The van der Waals surface area contributed by atoms with Gasteiger partial charge in [-0.05, 0) is 20.8 Å². The monoisotopic (exact) mass is 229 g/mol. The molecule has 1 fully saturated rings. The number of hydrogen-bond donors (Lipinski definition) is 0. The third kappa shape index (κ3) is 3.20. The Labute approximate surface area is 95.7 Å². The molecular formula is C11H19NO4. The summed E-state index contributed by atoms with van der Waals surface area (Å²) in [5, 5.41) is 0. The van der Waals surface area contributed by atoms with Crippen molar-refractivity contribution in [1.29, 1.82) is 0 Å². The smallest absolute Gasteiger partial charge is 0.410 e. The number of amides is 1. The number of methoxy groups -OCH3 is 1. The molecule has 2 unspecified atom stereocenters. The maximum atomic E-state index is 11.7. The molecule has 0 aromatic carbocycles. The first-order valence-electron chi connectivity index (χ1n) is 5.33. The summed E-state index contributed by atoms with van der Waals surface area (Å²) in [6, 6.07) is 0. The van der Waals surface area contributed by atoms with E-state index in [0.717, 1.165) is 6.29 Å². The first kappa shape index (κ1) is 13.0. The maximum absolute atomic E-state index is 11.7. The van der Waals surface area contributed by atoms with Gasteiger partial charge in [-0.2, -0.15) is 0 Å². The van der Waals surface area contributed by atoms with Crippen molar-refractivity contribution in [1.82, 2.24) is 4.90 Å². The summed E-state index contributed by atoms with van der Waals surface area (Å²) >= 11 is 0. The van der Waals surface area contributed by atoms with Gasteiger partial charge in [-0.1, -0.05) is 0 Å². The zero-order valence-corrected chi connectivity index (χ0v) is 10.2. The van der Waals surface area contributed by atoms with Crippen molar-refractivity contribution in [2.24, 2.45) is 5.92 Å². The predicted molar refractivity (Wildman–Crippen MR) is 58.2 cm³/mol. The quantitative estimate of drug-likeness (QED) is 0.664. The Balaban J connectivity index is 2.57. The van der Waals surface area contributed by atoms with E-state index in [1.54, 1.807) is 7.11 Å². The lowest BCUT2D eigenvalue weighted by Gasteiger charge is -2.24. The molecule has 1 saturated heterocycles. The lowest BCUT2D eigenvalue weighted by atomic mass is 10.1. The van der Waals surface area contributed by atoms with Crippen LogP contribution in [-0.4, -0.2) is 49.2 Å². The highest BCUT2D eigenvalue weighted by atomic mass is 16.6. The predicted octanol–water partition coefficient (Wildman–Crippen LogP) is 1.07. The second-order valence-electron chi connectivity index (χ2n) is 4.96. The summed E-state index contributed by atoms with van der Waals surface area (Å²) in [6.45, 7) is 6.22. The number of likely N-dealkylation sites (tertiary alicyclic amines) is 1. The average molecular weight is 229 g/mol. The van der Waals surface area contributed by atoms with Crippen LogP contribution in [0.15, 0.2) is 0 Å². The highest BCUT2D eigenvalue weighted by molar-refractivity contribution is 5.70. The van der Waals surface area contributed by atoms with E-state index in [2.05, 4.69) is 0 Å². The molecule has 92 valence electrons. The maximum Gasteiger partial charge on any atom is 0.410 e. The van der Waals surface area contributed by atoms with Gasteiger partial charge in [0, 0.05) is 13.7 Å². The molecule has 0 N–H and O–H groups in total. The SMILES string of the molecule is COC1CN(C(=O)OC(C)(C)C)CC1C=O. The summed E-state index contributed by atoms with van der Waals surface area (Å²) in [7, 11) is 1.54. The minimum atomic E-state index is -0.515. The van der Waals surface area contributed by atoms with Gasteiger partial charge in [0.15, 0.2) is 0 Å². The van der Waals surface area contributed by atoms with Gasteiger partial charge in [-0.15, -0.1) is 0 Å². The van der Waals surface area contributed by atoms with Crippen molar-refractivity contribution < 1.29 is 19.1 Å². The number of hydrogen-bond acceptors (Lipinski definition) is 4. The van der Waals surface area contributed by atoms with Crippen LogP contribution >= 0.6 is 0 Å². The van der Waals surface area contributed by atoms with Gasteiger partial charge in [0.25, 0.3) is 0 Å². The van der Waals surface area contributed by atoms with Gasteiger partial charge in [0.1, 0.15) is 11.9 Å². The van der Waals surface area contributed by atoms with Crippen LogP contribution < -0.4 is 0 Å². The Bertz CT molecular complexity index is 272. The standard InChI is InChI=1S/C11H19NO4/c1-11(2,3)16-10(14)12-5-8(7-13)9(6-12)15-4/h7-9H,5-6H2,1-4H3. The molecule has 0 bridgehead atoms. The average Bonchev–Trinajstić information content (AvgIpc) is 2.57. The molecule has 5 heteroatoms. The van der Waals surface area contributed by atoms with Crippen LogP contribution in [0.3, 0.4) is 0 Å². The Kier molecular flexibility index (Phi) is 3.91. The van der Waals surface area contributed by atoms with Crippen LogP contribution in [-0.2, 0) is 14.3 Å².